The van der Waals surface area contributed by atoms with Crippen molar-refractivity contribution >= 4 is 11.5 Å². The fourth-order valence-electron chi connectivity index (χ4n) is 2.23. The minimum atomic E-state index is 0.508. The molecule has 1 atom stereocenters. The molecule has 1 aromatic heterocycles. The van der Waals surface area contributed by atoms with Gasteiger partial charge in [0.25, 0.3) is 0 Å². The van der Waals surface area contributed by atoms with Crippen molar-refractivity contribution in [3.05, 3.63) is 17.8 Å². The Balaban J connectivity index is 2.02. The molecular formula is C12H20N4. The topological polar surface area (TPSA) is 54.2 Å². The van der Waals surface area contributed by atoms with E-state index in [1.54, 1.807) is 6.20 Å². The van der Waals surface area contributed by atoms with E-state index in [0.717, 1.165) is 23.6 Å². The molecule has 4 heteroatoms. The number of rotatable bonds is 2. The number of hydrogen-bond donors (Lipinski definition) is 2. The summed E-state index contributed by atoms with van der Waals surface area (Å²) in [6.07, 6.45) is 4.18. The van der Waals surface area contributed by atoms with Crippen molar-refractivity contribution in [1.29, 1.82) is 0 Å². The van der Waals surface area contributed by atoms with E-state index in [9.17, 15) is 0 Å². The van der Waals surface area contributed by atoms with Crippen molar-refractivity contribution in [2.45, 2.75) is 25.8 Å². The van der Waals surface area contributed by atoms with E-state index in [1.807, 2.05) is 13.0 Å². The number of piperidine rings is 1. The average Bonchev–Trinajstić information content (AvgIpc) is 2.22. The molecular weight excluding hydrogens is 200 g/mol. The third kappa shape index (κ3) is 2.64. The lowest BCUT2D eigenvalue weighted by molar-refractivity contribution is 0.260. The predicted octanol–water partition coefficient (Wildman–Crippen LogP) is 1.48. The molecule has 1 aliphatic heterocycles. The van der Waals surface area contributed by atoms with E-state index in [1.165, 1.54) is 19.4 Å². The second kappa shape index (κ2) is 4.70. The number of likely N-dealkylation sites (tertiary alicyclic amines) is 1. The third-order valence-corrected chi connectivity index (χ3v) is 3.06. The Labute approximate surface area is 96.8 Å². The van der Waals surface area contributed by atoms with Crippen LogP contribution in [0.1, 0.15) is 18.4 Å². The van der Waals surface area contributed by atoms with Crippen LogP contribution < -0.4 is 11.1 Å². The number of likely N-dealkylation sites (N-methyl/N-ethyl adjacent to an activating group) is 1. The van der Waals surface area contributed by atoms with Gasteiger partial charge in [-0.05, 0) is 45.0 Å². The molecule has 0 bridgehead atoms. The van der Waals surface area contributed by atoms with E-state index in [4.69, 9.17) is 5.73 Å². The lowest BCUT2D eigenvalue weighted by atomic mass is 10.1. The van der Waals surface area contributed by atoms with Crippen LogP contribution in [0.3, 0.4) is 0 Å². The smallest absolute Gasteiger partial charge is 0.129 e. The summed E-state index contributed by atoms with van der Waals surface area (Å²) >= 11 is 0. The van der Waals surface area contributed by atoms with Crippen molar-refractivity contribution in [2.75, 3.05) is 31.2 Å². The summed E-state index contributed by atoms with van der Waals surface area (Å²) in [5, 5.41) is 3.50. The standard InChI is InChI=1S/C12H20N4/c1-9-6-10(13)7-14-12(9)15-11-4-3-5-16(2)8-11/h6-7,11H,3-5,8,13H2,1-2H3,(H,14,15). The number of pyridine rings is 1. The van der Waals surface area contributed by atoms with Gasteiger partial charge in [0.15, 0.2) is 0 Å². The van der Waals surface area contributed by atoms with Gasteiger partial charge in [0, 0.05) is 12.6 Å². The van der Waals surface area contributed by atoms with Crippen LogP contribution in [0.5, 0.6) is 0 Å². The number of hydrogen-bond acceptors (Lipinski definition) is 4. The highest BCUT2D eigenvalue weighted by atomic mass is 15.1. The summed E-state index contributed by atoms with van der Waals surface area (Å²) in [4.78, 5) is 6.70. The normalized spacial score (nSPS) is 22.0. The first-order valence-electron chi connectivity index (χ1n) is 5.82. The molecule has 0 spiro atoms. The molecule has 0 saturated carbocycles. The number of nitrogens with two attached hydrogens (primary N) is 1. The molecule has 0 aromatic carbocycles. The average molecular weight is 220 g/mol. The van der Waals surface area contributed by atoms with Crippen LogP contribution in [0, 0.1) is 6.92 Å². The van der Waals surface area contributed by atoms with E-state index in [-0.39, 0.29) is 0 Å². The Morgan fingerprint density at radius 2 is 2.38 bits per heavy atom. The van der Waals surface area contributed by atoms with Crippen LogP contribution in [0.15, 0.2) is 12.3 Å². The van der Waals surface area contributed by atoms with Gasteiger partial charge in [-0.3, -0.25) is 0 Å². The Kier molecular flexibility index (Phi) is 3.29. The van der Waals surface area contributed by atoms with Crippen molar-refractivity contribution in [3.63, 3.8) is 0 Å². The molecule has 2 rings (SSSR count). The predicted molar refractivity (Wildman–Crippen MR) is 67.5 cm³/mol. The zero-order chi connectivity index (χ0) is 11.5. The highest BCUT2D eigenvalue weighted by Gasteiger charge is 2.17. The van der Waals surface area contributed by atoms with Crippen molar-refractivity contribution in [1.82, 2.24) is 9.88 Å². The largest absolute Gasteiger partial charge is 0.397 e. The van der Waals surface area contributed by atoms with Gasteiger partial charge in [0.2, 0.25) is 0 Å². The van der Waals surface area contributed by atoms with E-state index in [0.29, 0.717) is 6.04 Å². The van der Waals surface area contributed by atoms with E-state index < -0.39 is 0 Å². The summed E-state index contributed by atoms with van der Waals surface area (Å²) in [5.41, 5.74) is 7.53. The summed E-state index contributed by atoms with van der Waals surface area (Å²) in [7, 11) is 2.16. The lowest BCUT2D eigenvalue weighted by Gasteiger charge is -2.30. The molecule has 1 aliphatic rings. The second-order valence-corrected chi connectivity index (χ2v) is 4.68. The summed E-state index contributed by atoms with van der Waals surface area (Å²) < 4.78 is 0. The molecule has 88 valence electrons. The summed E-state index contributed by atoms with van der Waals surface area (Å²) in [5.74, 6) is 0.967. The van der Waals surface area contributed by atoms with Gasteiger partial charge in [-0.25, -0.2) is 4.98 Å². The van der Waals surface area contributed by atoms with Crippen molar-refractivity contribution in [2.24, 2.45) is 0 Å². The van der Waals surface area contributed by atoms with Gasteiger partial charge in [0.05, 0.1) is 11.9 Å². The molecule has 4 nitrogen and oxygen atoms in total. The van der Waals surface area contributed by atoms with Gasteiger partial charge >= 0.3 is 0 Å². The molecule has 1 aromatic rings. The number of anilines is 2. The Bertz CT molecular complexity index is 364. The van der Waals surface area contributed by atoms with Crippen molar-refractivity contribution in [3.8, 4) is 0 Å². The highest BCUT2D eigenvalue weighted by molar-refractivity contribution is 5.51. The molecule has 1 unspecified atom stereocenters. The Morgan fingerprint density at radius 3 is 3.06 bits per heavy atom. The first kappa shape index (κ1) is 11.2. The molecule has 1 fully saturated rings. The summed E-state index contributed by atoms with van der Waals surface area (Å²) in [6.45, 7) is 4.33. The maximum absolute atomic E-state index is 5.68. The van der Waals surface area contributed by atoms with Crippen LogP contribution in [-0.4, -0.2) is 36.1 Å². The minimum absolute atomic E-state index is 0.508. The molecule has 0 amide bonds. The first-order valence-corrected chi connectivity index (χ1v) is 5.82. The molecule has 1 saturated heterocycles. The third-order valence-electron chi connectivity index (χ3n) is 3.06. The number of nitrogens with one attached hydrogen (secondary N) is 1. The number of aryl methyl sites for hydroxylation is 1. The molecule has 16 heavy (non-hydrogen) atoms. The quantitative estimate of drug-likeness (QED) is 0.792. The van der Waals surface area contributed by atoms with Crippen LogP contribution in [0.2, 0.25) is 0 Å². The Hall–Kier alpha value is -1.29. The molecule has 2 heterocycles. The zero-order valence-corrected chi connectivity index (χ0v) is 10.0. The minimum Gasteiger partial charge on any atom is -0.397 e. The van der Waals surface area contributed by atoms with E-state index >= 15 is 0 Å². The maximum atomic E-state index is 5.68. The molecule has 0 aliphatic carbocycles. The summed E-state index contributed by atoms with van der Waals surface area (Å²) in [6, 6.07) is 2.47. The van der Waals surface area contributed by atoms with E-state index in [2.05, 4.69) is 22.2 Å². The van der Waals surface area contributed by atoms with Gasteiger partial charge in [-0.1, -0.05) is 0 Å². The first-order chi connectivity index (χ1) is 7.65. The number of aromatic nitrogens is 1. The number of nitrogen functional groups attached to an aromatic ring is 1. The zero-order valence-electron chi connectivity index (χ0n) is 10.0. The van der Waals surface area contributed by atoms with Crippen molar-refractivity contribution < 1.29 is 0 Å². The van der Waals surface area contributed by atoms with Gasteiger partial charge in [-0.2, -0.15) is 0 Å². The van der Waals surface area contributed by atoms with Crippen LogP contribution in [-0.2, 0) is 0 Å². The monoisotopic (exact) mass is 220 g/mol. The second-order valence-electron chi connectivity index (χ2n) is 4.68. The molecule has 3 N–H and O–H groups in total. The fraction of sp³-hybridized carbons (Fsp3) is 0.583. The number of nitrogens with zero attached hydrogens (tertiary/aromatic N) is 2. The lowest BCUT2D eigenvalue weighted by Crippen LogP contribution is -2.40. The van der Waals surface area contributed by atoms with Crippen LogP contribution in [0.4, 0.5) is 11.5 Å². The Morgan fingerprint density at radius 1 is 1.56 bits per heavy atom. The van der Waals surface area contributed by atoms with Crippen LogP contribution in [0.25, 0.3) is 0 Å². The molecule has 0 radical (unpaired) electrons. The maximum Gasteiger partial charge on any atom is 0.129 e. The fourth-order valence-corrected chi connectivity index (χ4v) is 2.23. The van der Waals surface area contributed by atoms with Gasteiger partial charge in [-0.15, -0.1) is 0 Å². The highest BCUT2D eigenvalue weighted by Crippen LogP contribution is 2.18. The van der Waals surface area contributed by atoms with Gasteiger partial charge in [0.1, 0.15) is 5.82 Å². The SMILES string of the molecule is Cc1cc(N)cnc1NC1CCCN(C)C1. The van der Waals surface area contributed by atoms with Crippen LogP contribution >= 0.6 is 0 Å². The van der Waals surface area contributed by atoms with Gasteiger partial charge < -0.3 is 16.0 Å².